The van der Waals surface area contributed by atoms with Gasteiger partial charge in [-0.25, -0.2) is 0 Å². The Morgan fingerprint density at radius 1 is 0.943 bits per heavy atom. The van der Waals surface area contributed by atoms with Gasteiger partial charge in [0.2, 0.25) is 5.91 Å². The molecular weight excluding hydrogens is 520 g/mol. The second kappa shape index (κ2) is 11.8. The van der Waals surface area contributed by atoms with Crippen LogP contribution in [-0.2, 0) is 16.1 Å². The van der Waals surface area contributed by atoms with Crippen molar-refractivity contribution in [1.29, 1.82) is 0 Å². The van der Waals surface area contributed by atoms with Gasteiger partial charge < -0.3 is 32.0 Å². The van der Waals surface area contributed by atoms with Crippen LogP contribution in [0.2, 0.25) is 0 Å². The molecule has 4 nitrogen and oxygen atoms in total. The van der Waals surface area contributed by atoms with E-state index in [4.69, 9.17) is 4.65 Å². The van der Waals surface area contributed by atoms with Crippen LogP contribution in [0.25, 0.3) is 0 Å². The minimum absolute atomic E-state index is 0. The van der Waals surface area contributed by atoms with E-state index in [1.54, 1.807) is 0 Å². The average molecular weight is 552 g/mol. The Morgan fingerprint density at radius 2 is 1.57 bits per heavy atom. The minimum atomic E-state index is -1.78. The lowest BCUT2D eigenvalue weighted by molar-refractivity contribution is -0.115. The van der Waals surface area contributed by atoms with E-state index in [0.29, 0.717) is 24.4 Å². The van der Waals surface area contributed by atoms with E-state index in [1.165, 1.54) is 42.7 Å². The molecule has 0 aromatic heterocycles. The van der Waals surface area contributed by atoms with Crippen LogP contribution in [0.1, 0.15) is 44.1 Å². The number of fused-ring (bicyclic) bond motifs is 1. The molecule has 2 aliphatic rings. The van der Waals surface area contributed by atoms with Crippen LogP contribution in [0.3, 0.4) is 0 Å². The van der Waals surface area contributed by atoms with Crippen molar-refractivity contribution in [2.75, 3.05) is 11.5 Å². The first-order valence-electron chi connectivity index (χ1n) is 12.4. The summed E-state index contributed by atoms with van der Waals surface area (Å²) in [6.45, 7) is 0.410. The first kappa shape index (κ1) is 26.1. The topological polar surface area (TPSA) is 58.6 Å². The molecule has 0 atom stereocenters. The number of nitrogens with one attached hydrogen (secondary N) is 1. The van der Waals surface area contributed by atoms with Crippen molar-refractivity contribution in [2.45, 2.75) is 50.8 Å². The molecule has 3 aromatic rings. The van der Waals surface area contributed by atoms with Crippen molar-refractivity contribution in [3.63, 3.8) is 0 Å². The molecule has 1 aliphatic heterocycles. The number of carbonyl (C=O) groups is 1. The van der Waals surface area contributed by atoms with Crippen molar-refractivity contribution in [1.82, 2.24) is 0 Å². The minimum Gasteiger partial charge on any atom is -1.00 e. The summed E-state index contributed by atoms with van der Waals surface area (Å²) in [5.74, 6) is 0.0281. The van der Waals surface area contributed by atoms with Crippen molar-refractivity contribution >= 4 is 42.0 Å². The lowest BCUT2D eigenvalue weighted by Crippen LogP contribution is -3.00. The van der Waals surface area contributed by atoms with Crippen LogP contribution in [0.4, 0.5) is 5.69 Å². The number of rotatable bonds is 7. The van der Waals surface area contributed by atoms with Crippen molar-refractivity contribution in [3.05, 3.63) is 84.4 Å². The summed E-state index contributed by atoms with van der Waals surface area (Å²) in [6, 6.07) is 27.6. The molecule has 1 amide bonds. The lowest BCUT2D eigenvalue weighted by atomic mass is 9.79. The number of amides is 1. The quantitative estimate of drug-likeness (QED) is 0.343. The van der Waals surface area contributed by atoms with E-state index in [-0.39, 0.29) is 22.9 Å². The maximum absolute atomic E-state index is 13.2. The van der Waals surface area contributed by atoms with Gasteiger partial charge in [-0.3, -0.25) is 4.79 Å². The standard InChI is InChI=1S/C28H31BNO3P.BrH/c31-28(30-23-17-16-22-21-33-29(32)27(22)20-23)18-19-34(24-10-4-1-5-11-24,25-12-6-2-7-13-25)26-14-8-3-9-15-26;/h1-2,4-7,10-13,16-17,20,26,32H,3,8-9,14-15,18-19,21H2;1H. The molecule has 7 heteroatoms. The predicted molar refractivity (Wildman–Crippen MR) is 143 cm³/mol. The molecule has 2 N–H and O–H groups in total. The first-order chi connectivity index (χ1) is 16.7. The second-order valence-electron chi connectivity index (χ2n) is 9.43. The molecule has 1 fully saturated rings. The van der Waals surface area contributed by atoms with Gasteiger partial charge in [-0.15, -0.1) is 0 Å². The Balaban J connectivity index is 0.00000289. The Labute approximate surface area is 219 Å². The van der Waals surface area contributed by atoms with Gasteiger partial charge in [0, 0.05) is 5.69 Å². The number of hydrogen-bond donors (Lipinski definition) is 2. The Bertz CT molecular complexity index is 1090. The fourth-order valence-corrected chi connectivity index (χ4v) is 10.9. The molecule has 5 rings (SSSR count). The fourth-order valence-electron chi connectivity index (χ4n) is 5.72. The molecular formula is C28H32BBrNO3P. The zero-order valence-electron chi connectivity index (χ0n) is 19.9. The van der Waals surface area contributed by atoms with Crippen molar-refractivity contribution in [3.8, 4) is 0 Å². The molecule has 1 aliphatic carbocycles. The zero-order valence-corrected chi connectivity index (χ0v) is 22.4. The highest BCUT2D eigenvalue weighted by Crippen LogP contribution is 2.64. The summed E-state index contributed by atoms with van der Waals surface area (Å²) >= 11 is 0. The highest BCUT2D eigenvalue weighted by molar-refractivity contribution is 7.90. The van der Waals surface area contributed by atoms with E-state index >= 15 is 0 Å². The Morgan fingerprint density at radius 3 is 2.20 bits per heavy atom. The number of carbonyl (C=O) groups excluding carboxylic acids is 1. The Kier molecular flexibility index (Phi) is 8.83. The molecule has 3 aromatic carbocycles. The molecule has 35 heavy (non-hydrogen) atoms. The molecule has 0 unspecified atom stereocenters. The molecule has 1 heterocycles. The number of halogens is 1. The Hall–Kier alpha value is -1.98. The summed E-state index contributed by atoms with van der Waals surface area (Å²) in [4.78, 5) is 13.2. The van der Waals surface area contributed by atoms with E-state index in [1.807, 2.05) is 18.2 Å². The number of benzene rings is 3. The smallest absolute Gasteiger partial charge is 0.491 e. The largest absolute Gasteiger partial charge is 1.00 e. The van der Waals surface area contributed by atoms with Crippen LogP contribution in [0.15, 0.2) is 78.9 Å². The van der Waals surface area contributed by atoms with E-state index in [2.05, 4.69) is 66.0 Å². The molecule has 182 valence electrons. The molecule has 0 radical (unpaired) electrons. The molecule has 0 saturated heterocycles. The SMILES string of the molecule is O=C(CC[P+](c1ccccc1)(c1ccccc1)C1CCCCC1)Nc1ccc2c(c1)B(O)OC2.[Br-]. The normalized spacial score (nSPS) is 15.9. The monoisotopic (exact) mass is 551 g/mol. The third kappa shape index (κ3) is 5.57. The van der Waals surface area contributed by atoms with Crippen LogP contribution >= 0.6 is 7.26 Å². The third-order valence-electron chi connectivity index (χ3n) is 7.42. The highest BCUT2D eigenvalue weighted by Gasteiger charge is 2.50. The molecule has 0 bridgehead atoms. The van der Waals surface area contributed by atoms with Gasteiger partial charge >= 0.3 is 7.12 Å². The maximum Gasteiger partial charge on any atom is 0.491 e. The molecule has 0 spiro atoms. The van der Waals surface area contributed by atoms with Crippen molar-refractivity contribution in [2.24, 2.45) is 0 Å². The van der Waals surface area contributed by atoms with Crippen molar-refractivity contribution < 1.29 is 31.5 Å². The number of anilines is 1. The van der Waals surface area contributed by atoms with Gasteiger partial charge in [-0.05, 0) is 73.1 Å². The van der Waals surface area contributed by atoms with Crippen LogP contribution in [-0.4, -0.2) is 29.9 Å². The van der Waals surface area contributed by atoms with Gasteiger partial charge in [-0.2, -0.15) is 0 Å². The van der Waals surface area contributed by atoms with Gasteiger partial charge in [0.05, 0.1) is 42.7 Å². The van der Waals surface area contributed by atoms with E-state index in [9.17, 15) is 9.82 Å². The van der Waals surface area contributed by atoms with Gasteiger partial charge in [0.1, 0.15) is 0 Å². The summed E-state index contributed by atoms with van der Waals surface area (Å²) in [5, 5.41) is 15.9. The predicted octanol–water partition coefficient (Wildman–Crippen LogP) is 1.24. The third-order valence-corrected chi connectivity index (χ3v) is 12.5. The van der Waals surface area contributed by atoms with E-state index in [0.717, 1.165) is 17.2 Å². The van der Waals surface area contributed by atoms with Crippen LogP contribution in [0.5, 0.6) is 0 Å². The second-order valence-corrected chi connectivity index (χ2v) is 13.4. The van der Waals surface area contributed by atoms with Gasteiger partial charge in [0.25, 0.3) is 0 Å². The summed E-state index contributed by atoms with van der Waals surface area (Å²) in [6.07, 6.45) is 7.69. The van der Waals surface area contributed by atoms with Gasteiger partial charge in [-0.1, -0.05) is 48.9 Å². The summed E-state index contributed by atoms with van der Waals surface area (Å²) in [7, 11) is -2.69. The lowest BCUT2D eigenvalue weighted by Gasteiger charge is -2.37. The van der Waals surface area contributed by atoms with E-state index < -0.39 is 14.4 Å². The average Bonchev–Trinajstić information content (AvgIpc) is 3.26. The maximum atomic E-state index is 13.2. The summed E-state index contributed by atoms with van der Waals surface area (Å²) in [5.41, 5.74) is 3.05. The van der Waals surface area contributed by atoms with Gasteiger partial charge in [0.15, 0.2) is 0 Å². The van der Waals surface area contributed by atoms with Crippen LogP contribution in [0, 0.1) is 0 Å². The first-order valence-corrected chi connectivity index (χ1v) is 14.4. The summed E-state index contributed by atoms with van der Waals surface area (Å²) < 4.78 is 5.29. The number of hydrogen-bond acceptors (Lipinski definition) is 3. The molecule has 1 saturated carbocycles. The highest BCUT2D eigenvalue weighted by atomic mass is 79.9. The zero-order chi connectivity index (χ0) is 23.4. The fraction of sp³-hybridized carbons (Fsp3) is 0.321. The van der Waals surface area contributed by atoms with Crippen LogP contribution < -0.4 is 38.4 Å².